The van der Waals surface area contributed by atoms with Crippen molar-refractivity contribution < 1.29 is 26.0 Å². The van der Waals surface area contributed by atoms with Crippen LogP contribution in [0.3, 0.4) is 0 Å². The van der Waals surface area contributed by atoms with Crippen molar-refractivity contribution in [3.05, 3.63) is 59.7 Å². The zero-order chi connectivity index (χ0) is 17.0. The molecule has 0 saturated carbocycles. The molecule has 124 valence electrons. The Morgan fingerprint density at radius 2 is 1.61 bits per heavy atom. The molecule has 0 aliphatic carbocycles. The molecule has 3 nitrogen and oxygen atoms in total. The highest BCUT2D eigenvalue weighted by Gasteiger charge is 2.28. The second-order valence-electron chi connectivity index (χ2n) is 4.76. The molecule has 2 aromatic carbocycles. The van der Waals surface area contributed by atoms with Crippen LogP contribution in [0.25, 0.3) is 0 Å². The summed E-state index contributed by atoms with van der Waals surface area (Å²) in [6.45, 7) is 0.124. The lowest BCUT2D eigenvalue weighted by Crippen LogP contribution is -2.15. The van der Waals surface area contributed by atoms with Gasteiger partial charge in [0.1, 0.15) is 11.6 Å². The standard InChI is InChI=1S/C15H13F4NO2S/c16-11-7-10(8-12(17)9-11)5-6-20-13-3-1-2-4-14(13)23(21,22)15(18)19/h1-4,7-9,15,20H,5-6H2. The van der Waals surface area contributed by atoms with E-state index in [2.05, 4.69) is 5.32 Å². The third kappa shape index (κ3) is 4.22. The van der Waals surface area contributed by atoms with Gasteiger partial charge in [-0.15, -0.1) is 0 Å². The van der Waals surface area contributed by atoms with Gasteiger partial charge in [-0.3, -0.25) is 0 Å². The normalized spacial score (nSPS) is 11.7. The molecule has 0 heterocycles. The van der Waals surface area contributed by atoms with E-state index < -0.39 is 32.1 Å². The van der Waals surface area contributed by atoms with Crippen molar-refractivity contribution in [3.8, 4) is 0 Å². The Kier molecular flexibility index (Phi) is 5.25. The van der Waals surface area contributed by atoms with E-state index in [1.807, 2.05) is 0 Å². The molecule has 0 aliphatic heterocycles. The first kappa shape index (κ1) is 17.3. The van der Waals surface area contributed by atoms with E-state index in [1.165, 1.54) is 18.2 Å². The lowest BCUT2D eigenvalue weighted by atomic mass is 10.1. The number of anilines is 1. The molecular weight excluding hydrogens is 334 g/mol. The summed E-state index contributed by atoms with van der Waals surface area (Å²) >= 11 is 0. The van der Waals surface area contributed by atoms with Gasteiger partial charge in [-0.05, 0) is 36.2 Å². The van der Waals surface area contributed by atoms with Crippen molar-refractivity contribution in [3.63, 3.8) is 0 Å². The Hall–Kier alpha value is -2.09. The Bertz CT molecular complexity index is 774. The van der Waals surface area contributed by atoms with E-state index in [9.17, 15) is 26.0 Å². The van der Waals surface area contributed by atoms with Gasteiger partial charge in [-0.25, -0.2) is 17.2 Å². The predicted octanol–water partition coefficient (Wildman–Crippen LogP) is 3.62. The molecule has 0 aromatic heterocycles. The Labute approximate surface area is 130 Å². The first-order valence-electron chi connectivity index (χ1n) is 6.60. The van der Waals surface area contributed by atoms with Gasteiger partial charge in [0.05, 0.1) is 10.6 Å². The van der Waals surface area contributed by atoms with E-state index in [0.29, 0.717) is 5.56 Å². The highest BCUT2D eigenvalue weighted by molar-refractivity contribution is 7.91. The Morgan fingerprint density at radius 1 is 1.00 bits per heavy atom. The van der Waals surface area contributed by atoms with Crippen molar-refractivity contribution in [1.82, 2.24) is 0 Å². The molecule has 8 heteroatoms. The van der Waals surface area contributed by atoms with Crippen LogP contribution in [0.2, 0.25) is 0 Å². The average molecular weight is 347 g/mol. The monoisotopic (exact) mass is 347 g/mol. The van der Waals surface area contributed by atoms with Crippen LogP contribution in [0.5, 0.6) is 0 Å². The summed E-state index contributed by atoms with van der Waals surface area (Å²) in [6, 6.07) is 8.28. The number of para-hydroxylation sites is 1. The van der Waals surface area contributed by atoms with Crippen LogP contribution in [-0.2, 0) is 16.3 Å². The van der Waals surface area contributed by atoms with Gasteiger partial charge in [0.25, 0.3) is 0 Å². The Balaban J connectivity index is 2.13. The predicted molar refractivity (Wildman–Crippen MR) is 78.2 cm³/mol. The molecule has 0 unspecified atom stereocenters. The molecule has 0 saturated heterocycles. The lowest BCUT2D eigenvalue weighted by Gasteiger charge is -2.12. The van der Waals surface area contributed by atoms with Gasteiger partial charge < -0.3 is 5.32 Å². The third-order valence-corrected chi connectivity index (χ3v) is 4.52. The first-order valence-corrected chi connectivity index (χ1v) is 8.15. The summed E-state index contributed by atoms with van der Waals surface area (Å²) in [6.07, 6.45) is 0.192. The number of nitrogens with one attached hydrogen (secondary N) is 1. The minimum absolute atomic E-state index is 0.0182. The Morgan fingerprint density at radius 3 is 2.22 bits per heavy atom. The maximum atomic E-state index is 13.1. The van der Waals surface area contributed by atoms with Crippen LogP contribution in [0.4, 0.5) is 23.2 Å². The van der Waals surface area contributed by atoms with Gasteiger partial charge in [0.2, 0.25) is 9.84 Å². The average Bonchev–Trinajstić information content (AvgIpc) is 2.46. The molecule has 0 amide bonds. The SMILES string of the molecule is O=S(=O)(c1ccccc1NCCc1cc(F)cc(F)c1)C(F)F. The molecule has 0 atom stereocenters. The zero-order valence-corrected chi connectivity index (χ0v) is 12.6. The molecular formula is C15H13F4NO2S. The number of halogens is 4. The molecule has 0 spiro atoms. The molecule has 0 aliphatic rings. The summed E-state index contributed by atoms with van der Waals surface area (Å²) < 4.78 is 74.6. The second kappa shape index (κ2) is 6.99. The number of alkyl halides is 2. The van der Waals surface area contributed by atoms with Crippen molar-refractivity contribution >= 4 is 15.5 Å². The fourth-order valence-corrected chi connectivity index (χ4v) is 2.96. The molecule has 2 aromatic rings. The number of sulfone groups is 1. The van der Waals surface area contributed by atoms with Gasteiger partial charge in [-0.1, -0.05) is 12.1 Å². The van der Waals surface area contributed by atoms with Crippen LogP contribution in [0, 0.1) is 11.6 Å². The first-order chi connectivity index (χ1) is 10.8. The van der Waals surface area contributed by atoms with E-state index >= 15 is 0 Å². The molecule has 1 N–H and O–H groups in total. The van der Waals surface area contributed by atoms with E-state index in [1.54, 1.807) is 0 Å². The summed E-state index contributed by atoms with van der Waals surface area (Å²) in [5.74, 6) is -4.97. The van der Waals surface area contributed by atoms with Gasteiger partial charge in [-0.2, -0.15) is 8.78 Å². The maximum Gasteiger partial charge on any atom is 0.341 e. The second-order valence-corrected chi connectivity index (χ2v) is 6.64. The molecule has 0 bridgehead atoms. The number of hydrogen-bond donors (Lipinski definition) is 1. The molecule has 0 radical (unpaired) electrons. The number of hydrogen-bond acceptors (Lipinski definition) is 3. The molecule has 0 fully saturated rings. The smallest absolute Gasteiger partial charge is 0.341 e. The van der Waals surface area contributed by atoms with Crippen molar-refractivity contribution in [2.45, 2.75) is 17.1 Å². The highest BCUT2D eigenvalue weighted by atomic mass is 32.2. The van der Waals surface area contributed by atoms with Crippen molar-refractivity contribution in [2.24, 2.45) is 0 Å². The fourth-order valence-electron chi connectivity index (χ4n) is 2.05. The minimum Gasteiger partial charge on any atom is -0.384 e. The maximum absolute atomic E-state index is 13.1. The van der Waals surface area contributed by atoms with Gasteiger partial charge in [0, 0.05) is 12.6 Å². The lowest BCUT2D eigenvalue weighted by molar-refractivity contribution is 0.235. The summed E-state index contributed by atoms with van der Waals surface area (Å²) in [7, 11) is -4.73. The fraction of sp³-hybridized carbons (Fsp3) is 0.200. The molecule has 2 rings (SSSR count). The van der Waals surface area contributed by atoms with E-state index in [0.717, 1.165) is 24.3 Å². The summed E-state index contributed by atoms with van der Waals surface area (Å²) in [5, 5.41) is 2.70. The van der Waals surface area contributed by atoms with Crippen LogP contribution in [0.1, 0.15) is 5.56 Å². The highest BCUT2D eigenvalue weighted by Crippen LogP contribution is 2.26. The largest absolute Gasteiger partial charge is 0.384 e. The summed E-state index contributed by atoms with van der Waals surface area (Å²) in [5.41, 5.74) is 0.383. The number of rotatable bonds is 6. The van der Waals surface area contributed by atoms with Gasteiger partial charge >= 0.3 is 5.76 Å². The van der Waals surface area contributed by atoms with E-state index in [-0.39, 0.29) is 18.7 Å². The molecule has 23 heavy (non-hydrogen) atoms. The van der Waals surface area contributed by atoms with Crippen LogP contribution < -0.4 is 5.32 Å². The van der Waals surface area contributed by atoms with E-state index in [4.69, 9.17) is 0 Å². The van der Waals surface area contributed by atoms with Gasteiger partial charge in [0.15, 0.2) is 0 Å². The number of benzene rings is 2. The van der Waals surface area contributed by atoms with Crippen LogP contribution in [-0.4, -0.2) is 20.7 Å². The summed E-state index contributed by atoms with van der Waals surface area (Å²) in [4.78, 5) is -0.513. The zero-order valence-electron chi connectivity index (χ0n) is 11.8. The van der Waals surface area contributed by atoms with Crippen LogP contribution in [0.15, 0.2) is 47.4 Å². The van der Waals surface area contributed by atoms with Crippen molar-refractivity contribution in [1.29, 1.82) is 0 Å². The third-order valence-electron chi connectivity index (χ3n) is 3.08. The van der Waals surface area contributed by atoms with Crippen LogP contribution >= 0.6 is 0 Å². The quantitative estimate of drug-likeness (QED) is 0.812. The minimum atomic E-state index is -4.73. The topological polar surface area (TPSA) is 46.2 Å². The van der Waals surface area contributed by atoms with Crippen molar-refractivity contribution in [2.75, 3.05) is 11.9 Å².